The third-order valence-electron chi connectivity index (χ3n) is 4.49. The van der Waals surface area contributed by atoms with Gasteiger partial charge in [-0.05, 0) is 70.6 Å². The second kappa shape index (κ2) is 6.87. The predicted octanol–water partition coefficient (Wildman–Crippen LogP) is 5.01. The minimum Gasteiger partial charge on any atom is -0.137 e. The highest BCUT2D eigenvalue weighted by Crippen LogP contribution is 2.37. The highest BCUT2D eigenvalue weighted by molar-refractivity contribution is 7.16. The van der Waals surface area contributed by atoms with Gasteiger partial charge in [-0.3, -0.25) is 0 Å². The smallest absolute Gasteiger partial charge is 0.0121 e. The van der Waals surface area contributed by atoms with Crippen LogP contribution in [0.25, 0.3) is 11.1 Å². The molecule has 2 aromatic rings. The summed E-state index contributed by atoms with van der Waals surface area (Å²) in [5.74, 6) is 0.732. The van der Waals surface area contributed by atoms with Gasteiger partial charge in [0.05, 0.1) is 0 Å². The summed E-state index contributed by atoms with van der Waals surface area (Å²) in [6.07, 6.45) is 5.77. The summed E-state index contributed by atoms with van der Waals surface area (Å²) in [7, 11) is 8.59. The Hall–Kier alpha value is -0.270. The fraction of sp³-hybridized carbons (Fsp3) is 0.333. The van der Waals surface area contributed by atoms with Gasteiger partial charge >= 0.3 is 0 Å². The Bertz CT molecular complexity index is 627. The highest BCUT2D eigenvalue weighted by atomic mass is 31.0. The third-order valence-corrected chi connectivity index (χ3v) is 6.00. The molecule has 0 heterocycles. The lowest BCUT2D eigenvalue weighted by molar-refractivity contribution is 0.757. The van der Waals surface area contributed by atoms with Crippen molar-refractivity contribution in [1.29, 1.82) is 0 Å². The molecule has 3 heteroatoms. The van der Waals surface area contributed by atoms with E-state index in [4.69, 9.17) is 0 Å². The van der Waals surface area contributed by atoms with E-state index in [2.05, 4.69) is 64.1 Å². The Morgan fingerprint density at radius 1 is 0.857 bits per heavy atom. The summed E-state index contributed by atoms with van der Waals surface area (Å²) in [6.45, 7) is 0. The van der Waals surface area contributed by atoms with E-state index in [1.165, 1.54) is 41.3 Å². The van der Waals surface area contributed by atoms with E-state index in [0.29, 0.717) is 0 Å². The summed E-state index contributed by atoms with van der Waals surface area (Å²) in [5.41, 5.74) is 8.67. The van der Waals surface area contributed by atoms with Gasteiger partial charge < -0.3 is 0 Å². The molecule has 0 bridgehead atoms. The first-order chi connectivity index (χ1) is 10.2. The van der Waals surface area contributed by atoms with E-state index in [1.54, 1.807) is 11.1 Å². The van der Waals surface area contributed by atoms with Crippen LogP contribution in [0.1, 0.15) is 34.6 Å². The first kappa shape index (κ1) is 15.6. The van der Waals surface area contributed by atoms with Crippen LogP contribution in [0, 0.1) is 0 Å². The fourth-order valence-corrected chi connectivity index (χ4v) is 4.24. The fourth-order valence-electron chi connectivity index (χ4n) is 3.28. The van der Waals surface area contributed by atoms with Crippen molar-refractivity contribution in [2.75, 3.05) is 6.16 Å². The molecule has 2 aromatic carbocycles. The molecule has 0 nitrogen and oxygen atoms in total. The Labute approximate surface area is 135 Å². The van der Waals surface area contributed by atoms with Crippen molar-refractivity contribution in [2.24, 2.45) is 0 Å². The van der Waals surface area contributed by atoms with Gasteiger partial charge in [0.25, 0.3) is 0 Å². The molecular weight excluding hydrogens is 309 g/mol. The molecule has 0 saturated heterocycles. The molecule has 110 valence electrons. The van der Waals surface area contributed by atoms with E-state index < -0.39 is 0 Å². The van der Waals surface area contributed by atoms with E-state index in [9.17, 15) is 0 Å². The lowest BCUT2D eigenvalue weighted by Gasteiger charge is -2.12. The number of aryl methyl sites for hydroxylation is 1. The molecule has 4 unspecified atom stereocenters. The Kier molecular flexibility index (Phi) is 5.11. The van der Waals surface area contributed by atoms with Crippen LogP contribution in [0.4, 0.5) is 0 Å². The number of rotatable bonds is 4. The summed E-state index contributed by atoms with van der Waals surface area (Å²) in [6, 6.07) is 14.1. The quantitative estimate of drug-likeness (QED) is 0.691. The average molecular weight is 332 g/mol. The maximum Gasteiger partial charge on any atom is -0.0121 e. The van der Waals surface area contributed by atoms with Gasteiger partial charge in [0.2, 0.25) is 0 Å². The minimum atomic E-state index is 0.732. The zero-order valence-corrected chi connectivity index (χ0v) is 15.8. The van der Waals surface area contributed by atoms with Gasteiger partial charge in [-0.25, -0.2) is 0 Å². The molecule has 0 fully saturated rings. The molecule has 0 radical (unpaired) electrons. The molecule has 0 amide bonds. The molecule has 0 N–H and O–H groups in total. The van der Waals surface area contributed by atoms with E-state index in [1.807, 2.05) is 0 Å². The standard InChI is InChI=1S/C18H23P3/c19-9-12-5-13(10-20)7-17(6-12)15-3-1-14-2-4-16(11-21)18(14)8-15/h1,3,5-8,16H,2,4,9-11,19-21H2. The zero-order valence-electron chi connectivity index (χ0n) is 12.3. The van der Waals surface area contributed by atoms with Crippen LogP contribution < -0.4 is 0 Å². The van der Waals surface area contributed by atoms with E-state index in [0.717, 1.165) is 18.2 Å². The number of benzene rings is 2. The van der Waals surface area contributed by atoms with Gasteiger partial charge in [-0.1, -0.05) is 36.4 Å². The molecule has 3 rings (SSSR count). The maximum atomic E-state index is 2.91. The monoisotopic (exact) mass is 332 g/mol. The summed E-state index contributed by atoms with van der Waals surface area (Å²) < 4.78 is 0. The van der Waals surface area contributed by atoms with Crippen molar-refractivity contribution in [2.45, 2.75) is 31.1 Å². The predicted molar refractivity (Wildman–Crippen MR) is 104 cm³/mol. The van der Waals surface area contributed by atoms with Crippen molar-refractivity contribution in [3.63, 3.8) is 0 Å². The van der Waals surface area contributed by atoms with Crippen molar-refractivity contribution < 1.29 is 0 Å². The first-order valence-corrected chi connectivity index (χ1v) is 10.1. The Morgan fingerprint density at radius 2 is 1.57 bits per heavy atom. The summed E-state index contributed by atoms with van der Waals surface area (Å²) in [5, 5.41) is 0. The largest absolute Gasteiger partial charge is 0.137 e. The van der Waals surface area contributed by atoms with Crippen LogP contribution in [0.2, 0.25) is 0 Å². The number of hydrogen-bond donors (Lipinski definition) is 0. The maximum absolute atomic E-state index is 2.91. The van der Waals surface area contributed by atoms with Crippen LogP contribution in [0.3, 0.4) is 0 Å². The van der Waals surface area contributed by atoms with Crippen molar-refractivity contribution in [3.8, 4) is 11.1 Å². The molecule has 0 aliphatic heterocycles. The molecule has 0 aromatic heterocycles. The SMILES string of the molecule is PCc1cc(CP)cc(-c2ccc3c(c2)C(CP)CC3)c1. The second-order valence-electron chi connectivity index (χ2n) is 5.83. The highest BCUT2D eigenvalue weighted by Gasteiger charge is 2.21. The summed E-state index contributed by atoms with van der Waals surface area (Å²) >= 11 is 0. The van der Waals surface area contributed by atoms with Gasteiger partial charge in [0.15, 0.2) is 0 Å². The van der Waals surface area contributed by atoms with Crippen molar-refractivity contribution in [3.05, 3.63) is 58.7 Å². The first-order valence-electron chi connectivity index (χ1n) is 7.61. The second-order valence-corrected chi connectivity index (χ2v) is 7.12. The Balaban J connectivity index is 2.05. The molecule has 4 atom stereocenters. The molecule has 1 aliphatic rings. The van der Waals surface area contributed by atoms with Crippen LogP contribution in [-0.2, 0) is 18.7 Å². The van der Waals surface area contributed by atoms with E-state index >= 15 is 0 Å². The lowest BCUT2D eigenvalue weighted by Crippen LogP contribution is -1.95. The molecular formula is C18H23P3. The molecule has 0 spiro atoms. The lowest BCUT2D eigenvalue weighted by atomic mass is 9.95. The van der Waals surface area contributed by atoms with Gasteiger partial charge in [-0.2, -0.15) is 0 Å². The average Bonchev–Trinajstić information content (AvgIpc) is 2.96. The van der Waals surface area contributed by atoms with Crippen LogP contribution in [0.5, 0.6) is 0 Å². The van der Waals surface area contributed by atoms with Crippen molar-refractivity contribution >= 4 is 27.7 Å². The topological polar surface area (TPSA) is 0 Å². The summed E-state index contributed by atoms with van der Waals surface area (Å²) in [4.78, 5) is 0. The molecule has 1 aliphatic carbocycles. The normalized spacial score (nSPS) is 17.0. The van der Waals surface area contributed by atoms with Gasteiger partial charge in [-0.15, -0.1) is 27.7 Å². The van der Waals surface area contributed by atoms with Crippen LogP contribution in [0.15, 0.2) is 36.4 Å². The third kappa shape index (κ3) is 3.24. The van der Waals surface area contributed by atoms with Crippen LogP contribution >= 0.6 is 27.7 Å². The van der Waals surface area contributed by atoms with Gasteiger partial charge in [0, 0.05) is 0 Å². The van der Waals surface area contributed by atoms with E-state index in [-0.39, 0.29) is 0 Å². The zero-order chi connectivity index (χ0) is 14.8. The number of hydrogen-bond acceptors (Lipinski definition) is 0. The van der Waals surface area contributed by atoms with Crippen LogP contribution in [-0.4, -0.2) is 6.16 Å². The number of fused-ring (bicyclic) bond motifs is 1. The Morgan fingerprint density at radius 3 is 2.19 bits per heavy atom. The molecule has 21 heavy (non-hydrogen) atoms. The van der Waals surface area contributed by atoms with Gasteiger partial charge in [0.1, 0.15) is 0 Å². The minimum absolute atomic E-state index is 0.732. The van der Waals surface area contributed by atoms with Crippen molar-refractivity contribution in [1.82, 2.24) is 0 Å². The molecule has 0 saturated carbocycles.